The van der Waals surface area contributed by atoms with Gasteiger partial charge in [0.15, 0.2) is 17.2 Å². The van der Waals surface area contributed by atoms with Crippen molar-refractivity contribution in [2.75, 3.05) is 19.7 Å². The number of unbranched alkanes of at least 4 members (excludes halogenated alkanes) is 1. The van der Waals surface area contributed by atoms with Gasteiger partial charge in [0.1, 0.15) is 5.82 Å². The summed E-state index contributed by atoms with van der Waals surface area (Å²) in [7, 11) is 0. The predicted octanol–water partition coefficient (Wildman–Crippen LogP) is 7.34. The third-order valence-electron chi connectivity index (χ3n) is 8.00. The van der Waals surface area contributed by atoms with Gasteiger partial charge in [-0.3, -0.25) is 0 Å². The van der Waals surface area contributed by atoms with Crippen LogP contribution in [-0.2, 0) is 17.5 Å². The van der Waals surface area contributed by atoms with Gasteiger partial charge in [0.2, 0.25) is 0 Å². The van der Waals surface area contributed by atoms with E-state index in [4.69, 9.17) is 9.72 Å². The molecule has 0 bridgehead atoms. The normalized spacial score (nSPS) is 13.9. The Kier molecular flexibility index (Phi) is 8.30. The molecule has 1 saturated heterocycles. The average molecular weight is 618 g/mol. The molecular weight excluding hydrogens is 583 g/mol. The van der Waals surface area contributed by atoms with Gasteiger partial charge in [-0.2, -0.15) is 18.3 Å². The zero-order valence-corrected chi connectivity index (χ0v) is 25.3. The van der Waals surface area contributed by atoms with Crippen LogP contribution in [-0.4, -0.2) is 60.0 Å². The lowest BCUT2D eigenvalue weighted by atomic mass is 9.97. The highest BCUT2D eigenvalue weighted by molar-refractivity contribution is 5.76. The van der Waals surface area contributed by atoms with Crippen LogP contribution in [0.15, 0.2) is 67.1 Å². The maximum atomic E-state index is 13.7. The lowest BCUT2D eigenvalue weighted by Gasteiger charge is -2.39. The second-order valence-electron chi connectivity index (χ2n) is 11.6. The van der Waals surface area contributed by atoms with Gasteiger partial charge in [-0.1, -0.05) is 75.7 Å². The van der Waals surface area contributed by atoms with Gasteiger partial charge in [0.25, 0.3) is 0 Å². The number of aromatic nitrogens is 6. The number of fused-ring (bicyclic) bond motifs is 1. The maximum absolute atomic E-state index is 13.7. The summed E-state index contributed by atoms with van der Waals surface area (Å²) >= 11 is 0. The topological polar surface area (TPSA) is 91.0 Å². The highest BCUT2D eigenvalue weighted by Crippen LogP contribution is 2.35. The molecule has 1 fully saturated rings. The van der Waals surface area contributed by atoms with Crippen LogP contribution >= 0.6 is 0 Å². The Morgan fingerprint density at radius 2 is 1.80 bits per heavy atom. The smallest absolute Gasteiger partial charge is 0.434 e. The van der Waals surface area contributed by atoms with Crippen molar-refractivity contribution in [2.45, 2.75) is 58.3 Å². The number of hydrogen-bond acceptors (Lipinski definition) is 6. The number of likely N-dealkylation sites (tertiary alicyclic amines) is 1. The minimum atomic E-state index is -4.60. The highest BCUT2D eigenvalue weighted by Gasteiger charge is 2.39. The van der Waals surface area contributed by atoms with Crippen LogP contribution in [0.3, 0.4) is 0 Å². The third kappa shape index (κ3) is 6.27. The molecule has 45 heavy (non-hydrogen) atoms. The van der Waals surface area contributed by atoms with E-state index in [0.717, 1.165) is 41.1 Å². The van der Waals surface area contributed by atoms with Crippen LogP contribution in [0.4, 0.5) is 18.0 Å². The van der Waals surface area contributed by atoms with E-state index in [1.165, 1.54) is 9.47 Å². The molecule has 1 aliphatic heterocycles. The van der Waals surface area contributed by atoms with Crippen molar-refractivity contribution in [1.82, 2.24) is 34.2 Å². The van der Waals surface area contributed by atoms with Gasteiger partial charge in [0, 0.05) is 36.6 Å². The Balaban J connectivity index is 1.22. The number of carbonyl (C=O) groups excluding carboxylic acids is 1. The fourth-order valence-electron chi connectivity index (χ4n) is 5.45. The Morgan fingerprint density at radius 3 is 2.51 bits per heavy atom. The zero-order chi connectivity index (χ0) is 31.7. The van der Waals surface area contributed by atoms with E-state index in [9.17, 15) is 18.0 Å². The standard InChI is InChI=1S/C33H34F3N7O2/c1-4-5-14-45-32(44)41-18-25(19-41)42-20-28(33(34,35)36)39-30(42)23-12-10-22(11-13-23)17-43-31-24(16-38-43)15-37-29(40-31)27-9-7-6-8-26(27)21(2)3/h6-13,15-16,20-21,25H,4-5,14,17-19H2,1-3H3. The largest absolute Gasteiger partial charge is 0.449 e. The van der Waals surface area contributed by atoms with Crippen molar-refractivity contribution in [2.24, 2.45) is 0 Å². The number of hydrogen-bond donors (Lipinski definition) is 0. The molecule has 2 aromatic carbocycles. The lowest BCUT2D eigenvalue weighted by molar-refractivity contribution is -0.141. The molecule has 1 amide bonds. The number of rotatable bonds is 9. The minimum absolute atomic E-state index is 0.198. The second-order valence-corrected chi connectivity index (χ2v) is 11.6. The highest BCUT2D eigenvalue weighted by atomic mass is 19.4. The van der Waals surface area contributed by atoms with Crippen molar-refractivity contribution < 1.29 is 22.7 Å². The number of ether oxygens (including phenoxy) is 1. The monoisotopic (exact) mass is 617 g/mol. The van der Waals surface area contributed by atoms with E-state index in [1.807, 2.05) is 37.3 Å². The number of nitrogens with zero attached hydrogens (tertiary/aromatic N) is 7. The predicted molar refractivity (Wildman–Crippen MR) is 163 cm³/mol. The van der Waals surface area contributed by atoms with Gasteiger partial charge in [-0.05, 0) is 23.5 Å². The van der Waals surface area contributed by atoms with Gasteiger partial charge in [-0.25, -0.2) is 24.4 Å². The Bertz CT molecular complexity index is 1810. The molecule has 0 saturated carbocycles. The van der Waals surface area contributed by atoms with Gasteiger partial charge in [-0.15, -0.1) is 0 Å². The number of alkyl halides is 3. The van der Waals surface area contributed by atoms with E-state index in [1.54, 1.807) is 29.2 Å². The number of benzene rings is 2. The summed E-state index contributed by atoms with van der Waals surface area (Å²) in [5.41, 5.74) is 3.29. The van der Waals surface area contributed by atoms with Crippen molar-refractivity contribution in [3.05, 3.63) is 83.9 Å². The Hall–Kier alpha value is -4.74. The molecule has 0 unspecified atom stereocenters. The number of halogens is 3. The number of carbonyl (C=O) groups is 1. The van der Waals surface area contributed by atoms with E-state index >= 15 is 0 Å². The Labute approximate surface area is 258 Å². The molecule has 234 valence electrons. The van der Waals surface area contributed by atoms with E-state index in [2.05, 4.69) is 35.0 Å². The summed E-state index contributed by atoms with van der Waals surface area (Å²) in [6.45, 7) is 7.50. The fraction of sp³-hybridized carbons (Fsp3) is 0.364. The molecule has 0 atom stereocenters. The SMILES string of the molecule is CCCCOC(=O)N1CC(n2cc(C(F)(F)F)nc2-c2ccc(Cn3ncc4cnc(-c5ccccc5C(C)C)nc43)cc2)C1. The minimum Gasteiger partial charge on any atom is -0.449 e. The summed E-state index contributed by atoms with van der Waals surface area (Å²) in [5, 5.41) is 5.33. The number of amides is 1. The van der Waals surface area contributed by atoms with Crippen LogP contribution < -0.4 is 0 Å². The van der Waals surface area contributed by atoms with Crippen LogP contribution in [0.25, 0.3) is 33.8 Å². The van der Waals surface area contributed by atoms with Crippen LogP contribution in [0.1, 0.15) is 62.4 Å². The number of imidazole rings is 1. The first-order valence-corrected chi connectivity index (χ1v) is 15.1. The molecular formula is C33H34F3N7O2. The maximum Gasteiger partial charge on any atom is 0.434 e. The van der Waals surface area contributed by atoms with E-state index in [0.29, 0.717) is 36.1 Å². The summed E-state index contributed by atoms with van der Waals surface area (Å²) in [4.78, 5) is 27.2. The first-order valence-electron chi connectivity index (χ1n) is 15.1. The second kappa shape index (κ2) is 12.3. The van der Waals surface area contributed by atoms with Crippen molar-refractivity contribution in [1.29, 1.82) is 0 Å². The van der Waals surface area contributed by atoms with Gasteiger partial charge >= 0.3 is 12.3 Å². The quantitative estimate of drug-likeness (QED) is 0.161. The first kappa shape index (κ1) is 30.3. The van der Waals surface area contributed by atoms with Gasteiger partial charge in [0.05, 0.1) is 30.8 Å². The summed E-state index contributed by atoms with van der Waals surface area (Å²) in [6.07, 6.45) is 1.13. The third-order valence-corrected chi connectivity index (χ3v) is 8.00. The molecule has 12 heteroatoms. The molecule has 1 aliphatic rings. The molecule has 3 aromatic heterocycles. The fourth-order valence-corrected chi connectivity index (χ4v) is 5.45. The summed E-state index contributed by atoms with van der Waals surface area (Å²) < 4.78 is 49.6. The first-order chi connectivity index (χ1) is 21.6. The van der Waals surface area contributed by atoms with Crippen molar-refractivity contribution in [3.8, 4) is 22.8 Å². The Morgan fingerprint density at radius 1 is 1.04 bits per heavy atom. The van der Waals surface area contributed by atoms with Crippen LogP contribution in [0.2, 0.25) is 0 Å². The van der Waals surface area contributed by atoms with Gasteiger partial charge < -0.3 is 14.2 Å². The molecule has 6 rings (SSSR count). The molecule has 9 nitrogen and oxygen atoms in total. The molecule has 0 N–H and O–H groups in total. The van der Waals surface area contributed by atoms with Crippen LogP contribution in [0.5, 0.6) is 0 Å². The van der Waals surface area contributed by atoms with Crippen molar-refractivity contribution >= 4 is 17.1 Å². The molecule has 5 aromatic rings. The van der Waals surface area contributed by atoms with E-state index < -0.39 is 18.0 Å². The van der Waals surface area contributed by atoms with Crippen molar-refractivity contribution in [3.63, 3.8) is 0 Å². The molecule has 0 spiro atoms. The molecule has 0 aliphatic carbocycles. The van der Waals surface area contributed by atoms with Crippen LogP contribution in [0, 0.1) is 0 Å². The molecule has 4 heterocycles. The molecule has 0 radical (unpaired) electrons. The summed E-state index contributed by atoms with van der Waals surface area (Å²) in [6, 6.07) is 15.0. The summed E-state index contributed by atoms with van der Waals surface area (Å²) in [5.74, 6) is 1.13. The lowest BCUT2D eigenvalue weighted by Crippen LogP contribution is -2.51. The average Bonchev–Trinajstić information content (AvgIpc) is 3.62. The van der Waals surface area contributed by atoms with E-state index in [-0.39, 0.29) is 25.0 Å². The zero-order valence-electron chi connectivity index (χ0n) is 25.3.